The monoisotopic (exact) mass is 591 g/mol. The molecular formula is C31H18IN3S. The molecule has 0 saturated heterocycles. The van der Waals surface area contributed by atoms with E-state index in [2.05, 4.69) is 113 Å². The quantitative estimate of drug-likeness (QED) is 0.193. The van der Waals surface area contributed by atoms with Crippen molar-refractivity contribution in [1.29, 1.82) is 0 Å². The number of pyridine rings is 3. The molecule has 4 heterocycles. The molecule has 36 heavy (non-hydrogen) atoms. The number of fused-ring (bicyclic) bond motifs is 4. The summed E-state index contributed by atoms with van der Waals surface area (Å²) in [4.78, 5) is 15.1. The first kappa shape index (κ1) is 21.6. The van der Waals surface area contributed by atoms with E-state index in [1.165, 1.54) is 30.2 Å². The maximum absolute atomic E-state index is 4.80. The zero-order valence-electron chi connectivity index (χ0n) is 19.0. The average molecular weight is 591 g/mol. The van der Waals surface area contributed by atoms with Crippen LogP contribution in [0.1, 0.15) is 0 Å². The molecule has 4 aromatic heterocycles. The van der Waals surface area contributed by atoms with Gasteiger partial charge in [0.15, 0.2) is 0 Å². The van der Waals surface area contributed by atoms with Gasteiger partial charge in [0.2, 0.25) is 0 Å². The van der Waals surface area contributed by atoms with Crippen molar-refractivity contribution in [1.82, 2.24) is 15.0 Å². The molecular weight excluding hydrogens is 573 g/mol. The van der Waals surface area contributed by atoms with Gasteiger partial charge in [0.1, 0.15) is 4.83 Å². The Morgan fingerprint density at radius 1 is 0.583 bits per heavy atom. The smallest absolute Gasteiger partial charge is 0.124 e. The minimum Gasteiger partial charge on any atom is -0.256 e. The average Bonchev–Trinajstić information content (AvgIpc) is 3.31. The highest BCUT2D eigenvalue weighted by Gasteiger charge is 2.09. The molecule has 0 spiro atoms. The van der Waals surface area contributed by atoms with E-state index >= 15 is 0 Å². The van der Waals surface area contributed by atoms with Crippen LogP contribution in [0.2, 0.25) is 0 Å². The fourth-order valence-corrected chi connectivity index (χ4v) is 5.99. The lowest BCUT2D eigenvalue weighted by Crippen LogP contribution is -1.88. The second-order valence-electron chi connectivity index (χ2n) is 8.74. The lowest BCUT2D eigenvalue weighted by atomic mass is 10.0. The standard InChI is InChI=1S/C31H18IN3S/c32-25-9-5-19(6-10-25)20-3-4-21-14-24(18-35-29(21)16-20)23-7-11-28(34-17-23)22-8-12-30-27(15-22)26-2-1-13-33-31(26)36-30/h1-18H. The first-order valence-corrected chi connectivity index (χ1v) is 13.5. The molecule has 0 amide bonds. The summed E-state index contributed by atoms with van der Waals surface area (Å²) in [6.45, 7) is 0. The van der Waals surface area contributed by atoms with Crippen LogP contribution < -0.4 is 0 Å². The third-order valence-electron chi connectivity index (χ3n) is 6.50. The zero-order chi connectivity index (χ0) is 24.1. The van der Waals surface area contributed by atoms with Crippen LogP contribution in [0, 0.1) is 3.57 Å². The molecule has 0 atom stereocenters. The van der Waals surface area contributed by atoms with Gasteiger partial charge < -0.3 is 0 Å². The van der Waals surface area contributed by atoms with Crippen LogP contribution >= 0.6 is 33.9 Å². The van der Waals surface area contributed by atoms with Gasteiger partial charge in [-0.3, -0.25) is 9.97 Å². The van der Waals surface area contributed by atoms with E-state index in [-0.39, 0.29) is 0 Å². The maximum Gasteiger partial charge on any atom is 0.124 e. The number of aromatic nitrogens is 3. The summed E-state index contributed by atoms with van der Waals surface area (Å²) in [6.07, 6.45) is 5.73. The second kappa shape index (κ2) is 8.76. The van der Waals surface area contributed by atoms with Crippen LogP contribution in [0.4, 0.5) is 0 Å². The van der Waals surface area contributed by atoms with Gasteiger partial charge >= 0.3 is 0 Å². The van der Waals surface area contributed by atoms with Gasteiger partial charge in [-0.25, -0.2) is 4.98 Å². The van der Waals surface area contributed by atoms with Gasteiger partial charge in [-0.15, -0.1) is 11.3 Å². The molecule has 170 valence electrons. The highest BCUT2D eigenvalue weighted by molar-refractivity contribution is 14.1. The third kappa shape index (κ3) is 3.85. The molecule has 3 nitrogen and oxygen atoms in total. The summed E-state index contributed by atoms with van der Waals surface area (Å²) in [7, 11) is 0. The number of halogens is 1. The molecule has 0 bridgehead atoms. The number of hydrogen-bond acceptors (Lipinski definition) is 4. The van der Waals surface area contributed by atoms with Crippen molar-refractivity contribution < 1.29 is 0 Å². The number of hydrogen-bond donors (Lipinski definition) is 0. The minimum absolute atomic E-state index is 0.958. The molecule has 0 aliphatic rings. The van der Waals surface area contributed by atoms with E-state index in [9.17, 15) is 0 Å². The second-order valence-corrected chi connectivity index (χ2v) is 11.0. The molecule has 0 unspecified atom stereocenters. The molecule has 7 aromatic rings. The molecule has 0 aliphatic heterocycles. The summed E-state index contributed by atoms with van der Waals surface area (Å²) in [5.74, 6) is 0. The summed E-state index contributed by atoms with van der Waals surface area (Å²) >= 11 is 4.06. The van der Waals surface area contributed by atoms with Crippen LogP contribution in [-0.2, 0) is 0 Å². The van der Waals surface area contributed by atoms with E-state index in [0.717, 1.165) is 38.1 Å². The minimum atomic E-state index is 0.958. The normalized spacial score (nSPS) is 11.5. The predicted octanol–water partition coefficient (Wildman–Crippen LogP) is 9.00. The molecule has 5 heteroatoms. The Bertz CT molecular complexity index is 1890. The van der Waals surface area contributed by atoms with E-state index < -0.39 is 0 Å². The first-order chi connectivity index (χ1) is 17.7. The Balaban J connectivity index is 1.20. The van der Waals surface area contributed by atoms with Crippen molar-refractivity contribution >= 4 is 65.1 Å². The molecule has 3 aromatic carbocycles. The molecule has 7 rings (SSSR count). The summed E-state index contributed by atoms with van der Waals surface area (Å²) < 4.78 is 2.48. The summed E-state index contributed by atoms with van der Waals surface area (Å²) in [5, 5.41) is 3.55. The van der Waals surface area contributed by atoms with Crippen molar-refractivity contribution in [2.75, 3.05) is 0 Å². The predicted molar refractivity (Wildman–Crippen MR) is 159 cm³/mol. The summed E-state index contributed by atoms with van der Waals surface area (Å²) in [6, 6.07) is 32.1. The first-order valence-electron chi connectivity index (χ1n) is 11.6. The van der Waals surface area contributed by atoms with Gasteiger partial charge in [0.05, 0.1) is 11.2 Å². The van der Waals surface area contributed by atoms with Crippen LogP contribution in [0.15, 0.2) is 110 Å². The number of nitrogens with zero attached hydrogens (tertiary/aromatic N) is 3. The SMILES string of the molecule is Ic1ccc(-c2ccc3cc(-c4ccc(-c5ccc6sc7ncccc7c6c5)nc4)cnc3c2)cc1. The fourth-order valence-electron chi connectivity index (χ4n) is 4.61. The van der Waals surface area contributed by atoms with E-state index in [4.69, 9.17) is 9.97 Å². The van der Waals surface area contributed by atoms with Crippen molar-refractivity contribution in [2.45, 2.75) is 0 Å². The van der Waals surface area contributed by atoms with Crippen LogP contribution in [-0.4, -0.2) is 15.0 Å². The Kier molecular flexibility index (Phi) is 5.26. The van der Waals surface area contributed by atoms with E-state index in [1.807, 2.05) is 24.7 Å². The molecule has 0 aliphatic carbocycles. The van der Waals surface area contributed by atoms with Crippen molar-refractivity contribution in [3.63, 3.8) is 0 Å². The number of rotatable bonds is 3. The zero-order valence-corrected chi connectivity index (χ0v) is 22.0. The van der Waals surface area contributed by atoms with Crippen molar-refractivity contribution in [2.24, 2.45) is 0 Å². The van der Waals surface area contributed by atoms with E-state index in [1.54, 1.807) is 11.3 Å². The number of thiophene rings is 1. The van der Waals surface area contributed by atoms with Gasteiger partial charge in [0, 0.05) is 59.7 Å². The van der Waals surface area contributed by atoms with Crippen molar-refractivity contribution in [3.05, 3.63) is 113 Å². The largest absolute Gasteiger partial charge is 0.256 e. The lowest BCUT2D eigenvalue weighted by Gasteiger charge is -2.07. The van der Waals surface area contributed by atoms with Crippen LogP contribution in [0.3, 0.4) is 0 Å². The maximum atomic E-state index is 4.80. The van der Waals surface area contributed by atoms with Gasteiger partial charge in [-0.05, 0) is 88.3 Å². The molecule has 0 N–H and O–H groups in total. The highest BCUT2D eigenvalue weighted by Crippen LogP contribution is 2.35. The Morgan fingerprint density at radius 3 is 2.25 bits per heavy atom. The molecule has 0 radical (unpaired) electrons. The van der Waals surface area contributed by atoms with Gasteiger partial charge in [0.25, 0.3) is 0 Å². The van der Waals surface area contributed by atoms with Crippen molar-refractivity contribution in [3.8, 4) is 33.5 Å². The fraction of sp³-hybridized carbons (Fsp3) is 0. The van der Waals surface area contributed by atoms with Gasteiger partial charge in [-0.2, -0.15) is 0 Å². The Morgan fingerprint density at radius 2 is 1.39 bits per heavy atom. The lowest BCUT2D eigenvalue weighted by molar-refractivity contribution is 1.32. The van der Waals surface area contributed by atoms with E-state index in [0.29, 0.717) is 0 Å². The molecule has 0 fully saturated rings. The van der Waals surface area contributed by atoms with Gasteiger partial charge in [-0.1, -0.05) is 36.4 Å². The highest BCUT2D eigenvalue weighted by atomic mass is 127. The molecule has 0 saturated carbocycles. The van der Waals surface area contributed by atoms with Crippen LogP contribution in [0.25, 0.3) is 64.7 Å². The topological polar surface area (TPSA) is 38.7 Å². The Hall–Kier alpha value is -3.68. The number of benzene rings is 3. The summed E-state index contributed by atoms with van der Waals surface area (Å²) in [5.41, 5.74) is 7.56. The van der Waals surface area contributed by atoms with Crippen LogP contribution in [0.5, 0.6) is 0 Å². The Labute approximate surface area is 225 Å². The third-order valence-corrected chi connectivity index (χ3v) is 8.32.